The van der Waals surface area contributed by atoms with Gasteiger partial charge in [0.15, 0.2) is 0 Å². The van der Waals surface area contributed by atoms with Crippen LogP contribution in [0.2, 0.25) is 0 Å². The minimum absolute atomic E-state index is 0.296. The first-order chi connectivity index (χ1) is 9.10. The Kier molecular flexibility index (Phi) is 4.65. The quantitative estimate of drug-likeness (QED) is 0.785. The lowest BCUT2D eigenvalue weighted by atomic mass is 10.0. The van der Waals surface area contributed by atoms with Crippen molar-refractivity contribution in [1.29, 1.82) is 0 Å². The van der Waals surface area contributed by atoms with Gasteiger partial charge in [0.25, 0.3) is 0 Å². The van der Waals surface area contributed by atoms with Crippen molar-refractivity contribution in [1.82, 2.24) is 0 Å². The Balaban J connectivity index is 2.13. The number of anilines is 1. The summed E-state index contributed by atoms with van der Waals surface area (Å²) in [5, 5.41) is 3.54. The van der Waals surface area contributed by atoms with Crippen LogP contribution in [0.4, 0.5) is 5.69 Å². The molecule has 0 heterocycles. The zero-order valence-corrected chi connectivity index (χ0v) is 13.3. The Hall–Kier alpha value is -1.28. The van der Waals surface area contributed by atoms with E-state index in [1.807, 2.05) is 0 Å². The first-order valence-corrected chi connectivity index (χ1v) is 7.51. The monoisotopic (exact) mass is 317 g/mol. The molecule has 0 aliphatic carbocycles. The molecule has 0 amide bonds. The summed E-state index contributed by atoms with van der Waals surface area (Å²) in [4.78, 5) is 0. The van der Waals surface area contributed by atoms with Crippen LogP contribution >= 0.6 is 15.9 Å². The van der Waals surface area contributed by atoms with Crippen molar-refractivity contribution in [2.24, 2.45) is 0 Å². The predicted molar refractivity (Wildman–Crippen MR) is 86.7 cm³/mol. The minimum Gasteiger partial charge on any atom is -0.378 e. The highest BCUT2D eigenvalue weighted by atomic mass is 79.9. The summed E-state index contributed by atoms with van der Waals surface area (Å²) in [6.07, 6.45) is 1.09. The fourth-order valence-electron chi connectivity index (χ4n) is 2.10. The standard InChI is InChI=1S/C17H20BrN/c1-4-14-6-8-15(9-7-14)13(3)19-17-10-5-12(2)11-16(17)18/h5-11,13,19H,4H2,1-3H3. The first kappa shape index (κ1) is 14.1. The molecule has 0 spiro atoms. The minimum atomic E-state index is 0.296. The van der Waals surface area contributed by atoms with Crippen molar-refractivity contribution in [3.63, 3.8) is 0 Å². The highest BCUT2D eigenvalue weighted by Gasteiger charge is 2.07. The van der Waals surface area contributed by atoms with Crippen LogP contribution in [0.3, 0.4) is 0 Å². The Labute approximate surface area is 124 Å². The van der Waals surface area contributed by atoms with E-state index in [4.69, 9.17) is 0 Å². The third-order valence-electron chi connectivity index (χ3n) is 3.38. The molecule has 1 N–H and O–H groups in total. The summed E-state index contributed by atoms with van der Waals surface area (Å²) in [6.45, 7) is 6.47. The van der Waals surface area contributed by atoms with Crippen LogP contribution in [-0.2, 0) is 6.42 Å². The van der Waals surface area contributed by atoms with E-state index in [-0.39, 0.29) is 0 Å². The predicted octanol–water partition coefficient (Wildman–Crippen LogP) is 5.49. The van der Waals surface area contributed by atoms with Gasteiger partial charge in [-0.15, -0.1) is 0 Å². The first-order valence-electron chi connectivity index (χ1n) is 6.71. The largest absolute Gasteiger partial charge is 0.378 e. The highest BCUT2D eigenvalue weighted by Crippen LogP contribution is 2.27. The van der Waals surface area contributed by atoms with Crippen LogP contribution in [0.25, 0.3) is 0 Å². The third kappa shape index (κ3) is 3.60. The molecule has 1 atom stereocenters. The van der Waals surface area contributed by atoms with Crippen molar-refractivity contribution in [2.45, 2.75) is 33.2 Å². The molecule has 0 saturated heterocycles. The van der Waals surface area contributed by atoms with Gasteiger partial charge in [0.1, 0.15) is 0 Å². The van der Waals surface area contributed by atoms with Crippen LogP contribution in [-0.4, -0.2) is 0 Å². The Morgan fingerprint density at radius 3 is 2.37 bits per heavy atom. The van der Waals surface area contributed by atoms with Gasteiger partial charge in [-0.25, -0.2) is 0 Å². The van der Waals surface area contributed by atoms with E-state index in [0.29, 0.717) is 6.04 Å². The van der Waals surface area contributed by atoms with E-state index >= 15 is 0 Å². The number of hydrogen-bond acceptors (Lipinski definition) is 1. The van der Waals surface area contributed by atoms with Crippen molar-refractivity contribution < 1.29 is 0 Å². The molecule has 0 saturated carbocycles. The number of benzene rings is 2. The summed E-state index contributed by atoms with van der Waals surface area (Å²) in [5.41, 5.74) is 5.09. The van der Waals surface area contributed by atoms with Crippen molar-refractivity contribution in [3.05, 3.63) is 63.6 Å². The van der Waals surface area contributed by atoms with Crippen molar-refractivity contribution in [2.75, 3.05) is 5.32 Å². The average molecular weight is 318 g/mol. The summed E-state index contributed by atoms with van der Waals surface area (Å²) >= 11 is 3.61. The number of halogens is 1. The third-order valence-corrected chi connectivity index (χ3v) is 4.04. The maximum atomic E-state index is 3.61. The molecule has 0 radical (unpaired) electrons. The van der Waals surface area contributed by atoms with E-state index in [1.165, 1.54) is 16.7 Å². The van der Waals surface area contributed by atoms with E-state index in [0.717, 1.165) is 16.6 Å². The van der Waals surface area contributed by atoms with Crippen LogP contribution in [0, 0.1) is 6.92 Å². The number of rotatable bonds is 4. The molecule has 1 unspecified atom stereocenters. The van der Waals surface area contributed by atoms with Crippen molar-refractivity contribution in [3.8, 4) is 0 Å². The van der Waals surface area contributed by atoms with Gasteiger partial charge in [-0.3, -0.25) is 0 Å². The van der Waals surface area contributed by atoms with Gasteiger partial charge in [0, 0.05) is 16.2 Å². The highest BCUT2D eigenvalue weighted by molar-refractivity contribution is 9.10. The van der Waals surface area contributed by atoms with Crippen LogP contribution < -0.4 is 5.32 Å². The van der Waals surface area contributed by atoms with Gasteiger partial charge in [-0.05, 0) is 65.0 Å². The molecule has 2 heteroatoms. The number of hydrogen-bond donors (Lipinski definition) is 1. The Morgan fingerprint density at radius 1 is 1.11 bits per heavy atom. The molecule has 2 rings (SSSR count). The maximum absolute atomic E-state index is 3.61. The number of nitrogens with one attached hydrogen (secondary N) is 1. The average Bonchev–Trinajstić information content (AvgIpc) is 2.42. The SMILES string of the molecule is CCc1ccc(C(C)Nc2ccc(C)cc2Br)cc1. The molecule has 2 aromatic carbocycles. The lowest BCUT2D eigenvalue weighted by Crippen LogP contribution is -2.07. The second-order valence-electron chi connectivity index (χ2n) is 4.94. The molecule has 0 fully saturated rings. The molecule has 19 heavy (non-hydrogen) atoms. The van der Waals surface area contributed by atoms with Crippen LogP contribution in [0.1, 0.15) is 36.6 Å². The zero-order valence-electron chi connectivity index (χ0n) is 11.7. The summed E-state index contributed by atoms with van der Waals surface area (Å²) in [6, 6.07) is 15.5. The van der Waals surface area contributed by atoms with E-state index in [2.05, 4.69) is 84.5 Å². The lowest BCUT2D eigenvalue weighted by molar-refractivity contribution is 0.881. The topological polar surface area (TPSA) is 12.0 Å². The summed E-state index contributed by atoms with van der Waals surface area (Å²) in [7, 11) is 0. The molecule has 100 valence electrons. The van der Waals surface area contributed by atoms with Crippen LogP contribution in [0.15, 0.2) is 46.9 Å². The van der Waals surface area contributed by atoms with Crippen LogP contribution in [0.5, 0.6) is 0 Å². The van der Waals surface area contributed by atoms with Gasteiger partial charge >= 0.3 is 0 Å². The molecular formula is C17H20BrN. The van der Waals surface area contributed by atoms with Crippen molar-refractivity contribution >= 4 is 21.6 Å². The Bertz CT molecular complexity index is 546. The molecular weight excluding hydrogens is 298 g/mol. The fourth-order valence-corrected chi connectivity index (χ4v) is 2.70. The lowest BCUT2D eigenvalue weighted by Gasteiger charge is -2.17. The van der Waals surface area contributed by atoms with Gasteiger partial charge in [-0.2, -0.15) is 0 Å². The maximum Gasteiger partial charge on any atom is 0.0489 e. The summed E-state index contributed by atoms with van der Waals surface area (Å²) < 4.78 is 1.12. The molecule has 0 aromatic heterocycles. The fraction of sp³-hybridized carbons (Fsp3) is 0.294. The van der Waals surface area contributed by atoms with Gasteiger partial charge in [-0.1, -0.05) is 37.3 Å². The summed E-state index contributed by atoms with van der Waals surface area (Å²) in [5.74, 6) is 0. The second-order valence-corrected chi connectivity index (χ2v) is 5.80. The Morgan fingerprint density at radius 2 is 1.79 bits per heavy atom. The van der Waals surface area contributed by atoms with Gasteiger partial charge in [0.05, 0.1) is 0 Å². The molecule has 2 aromatic rings. The van der Waals surface area contributed by atoms with E-state index in [9.17, 15) is 0 Å². The molecule has 0 bridgehead atoms. The normalized spacial score (nSPS) is 12.2. The van der Waals surface area contributed by atoms with E-state index < -0.39 is 0 Å². The molecule has 0 aliphatic heterocycles. The second kappa shape index (κ2) is 6.25. The number of aryl methyl sites for hydroxylation is 2. The molecule has 0 aliphatic rings. The van der Waals surface area contributed by atoms with Gasteiger partial charge < -0.3 is 5.32 Å². The van der Waals surface area contributed by atoms with Gasteiger partial charge in [0.2, 0.25) is 0 Å². The van der Waals surface area contributed by atoms with E-state index in [1.54, 1.807) is 0 Å². The zero-order chi connectivity index (χ0) is 13.8. The molecule has 1 nitrogen and oxygen atoms in total. The smallest absolute Gasteiger partial charge is 0.0489 e.